The number of hydrogen-bond donors (Lipinski definition) is 4. The Hall–Kier alpha value is -4.68. The van der Waals surface area contributed by atoms with E-state index in [1.54, 1.807) is 13.3 Å². The van der Waals surface area contributed by atoms with E-state index in [-0.39, 0.29) is 35.3 Å². The second kappa shape index (κ2) is 11.6. The van der Waals surface area contributed by atoms with Crippen molar-refractivity contribution >= 4 is 57.2 Å². The van der Waals surface area contributed by atoms with Crippen molar-refractivity contribution in [3.8, 4) is 5.75 Å². The van der Waals surface area contributed by atoms with Crippen LogP contribution < -0.4 is 21.5 Å². The lowest BCUT2D eigenvalue weighted by Crippen LogP contribution is -2.43. The third kappa shape index (κ3) is 5.40. The van der Waals surface area contributed by atoms with Gasteiger partial charge in [-0.1, -0.05) is 36.4 Å². The number of hydrogen-bond acceptors (Lipinski definition) is 8. The fraction of sp³-hybridized carbons (Fsp3) is 0.143. The van der Waals surface area contributed by atoms with Gasteiger partial charge in [-0.3, -0.25) is 14.4 Å². The number of benzene rings is 2. The molecule has 12 heteroatoms. The molecule has 3 amide bonds. The number of nitrogens with zero attached hydrogens (tertiary/aromatic N) is 2. The Morgan fingerprint density at radius 3 is 2.55 bits per heavy atom. The van der Waals surface area contributed by atoms with Gasteiger partial charge in [-0.05, 0) is 46.7 Å². The van der Waals surface area contributed by atoms with Crippen LogP contribution in [0.5, 0.6) is 5.75 Å². The summed E-state index contributed by atoms with van der Waals surface area (Å²) in [4.78, 5) is 45.5. The standard InChI is InChI=1S/C28H26N6O4S2/c1-38-17-10-8-16(9-11-17)13-32-27(36)24(20-14-31-21-7-3-2-6-19(20)21)34(15-18-5-4-12-39-18)28(37)25-22(29)23(26(30)35)33-40-25/h2-12,14,24,31H,13,15,29H2,1H3,(H2,30,35)(H,32,36)/t24-/m1/s1. The van der Waals surface area contributed by atoms with Gasteiger partial charge in [0.2, 0.25) is 5.91 Å². The number of primary amides is 1. The molecule has 0 bridgehead atoms. The van der Waals surface area contributed by atoms with E-state index in [9.17, 15) is 14.4 Å². The minimum Gasteiger partial charge on any atom is -0.497 e. The zero-order valence-electron chi connectivity index (χ0n) is 21.4. The monoisotopic (exact) mass is 574 g/mol. The number of carbonyl (C=O) groups excluding carboxylic acids is 3. The summed E-state index contributed by atoms with van der Waals surface area (Å²) >= 11 is 2.24. The van der Waals surface area contributed by atoms with Crippen molar-refractivity contribution in [3.63, 3.8) is 0 Å². The zero-order chi connectivity index (χ0) is 28.2. The number of aromatic amines is 1. The molecule has 0 saturated carbocycles. The number of amides is 3. The van der Waals surface area contributed by atoms with Crippen molar-refractivity contribution in [2.75, 3.05) is 12.8 Å². The normalized spacial score (nSPS) is 11.7. The molecule has 0 spiro atoms. The quantitative estimate of drug-likeness (QED) is 0.197. The van der Waals surface area contributed by atoms with Crippen LogP contribution in [0, 0.1) is 0 Å². The molecule has 0 aliphatic carbocycles. The third-order valence-electron chi connectivity index (χ3n) is 6.42. The molecule has 1 atom stereocenters. The SMILES string of the molecule is COc1ccc(CNC(=O)[C@@H](c2c[nH]c3ccccc23)N(Cc2cccs2)C(=O)c2snc(C(N)=O)c2N)cc1. The molecule has 0 fully saturated rings. The van der Waals surface area contributed by atoms with E-state index in [0.29, 0.717) is 11.3 Å². The minimum absolute atomic E-state index is 0.0400. The first-order chi connectivity index (χ1) is 19.4. The molecular formula is C28H26N6O4S2. The second-order valence-corrected chi connectivity index (χ2v) is 10.7. The minimum atomic E-state index is -1.04. The molecule has 2 aromatic carbocycles. The molecule has 0 aliphatic heterocycles. The number of para-hydroxylation sites is 1. The molecule has 204 valence electrons. The van der Waals surface area contributed by atoms with Crippen LogP contribution in [0.25, 0.3) is 10.9 Å². The van der Waals surface area contributed by atoms with Crippen molar-refractivity contribution < 1.29 is 19.1 Å². The van der Waals surface area contributed by atoms with Gasteiger partial charge in [0.05, 0.1) is 19.3 Å². The lowest BCUT2D eigenvalue weighted by Gasteiger charge is -2.30. The molecule has 0 saturated heterocycles. The van der Waals surface area contributed by atoms with Gasteiger partial charge in [0.25, 0.3) is 11.8 Å². The largest absolute Gasteiger partial charge is 0.497 e. The Morgan fingerprint density at radius 2 is 1.88 bits per heavy atom. The number of rotatable bonds is 10. The van der Waals surface area contributed by atoms with E-state index >= 15 is 0 Å². The Bertz CT molecular complexity index is 1660. The Labute approximate surface area is 237 Å². The fourth-order valence-corrected chi connectivity index (χ4v) is 5.87. The molecule has 10 nitrogen and oxygen atoms in total. The second-order valence-electron chi connectivity index (χ2n) is 8.91. The fourth-order valence-electron chi connectivity index (χ4n) is 4.41. The van der Waals surface area contributed by atoms with Crippen LogP contribution in [0.15, 0.2) is 72.2 Å². The van der Waals surface area contributed by atoms with E-state index < -0.39 is 17.9 Å². The predicted octanol–water partition coefficient (Wildman–Crippen LogP) is 4.08. The van der Waals surface area contributed by atoms with Crippen LogP contribution in [0.3, 0.4) is 0 Å². The summed E-state index contributed by atoms with van der Waals surface area (Å²) in [5, 5.41) is 5.69. The number of nitrogens with two attached hydrogens (primary N) is 2. The summed E-state index contributed by atoms with van der Waals surface area (Å²) < 4.78 is 9.22. The molecule has 0 aliphatic rings. The number of aromatic nitrogens is 2. The first kappa shape index (κ1) is 26.9. The van der Waals surface area contributed by atoms with Crippen molar-refractivity contribution in [2.45, 2.75) is 19.1 Å². The number of thiophene rings is 1. The summed E-state index contributed by atoms with van der Waals surface area (Å²) in [5.74, 6) is -1.05. The van der Waals surface area contributed by atoms with Crippen molar-refractivity contribution in [3.05, 3.63) is 98.8 Å². The summed E-state index contributed by atoms with van der Waals surface area (Å²) in [5.41, 5.74) is 13.6. The first-order valence-corrected chi connectivity index (χ1v) is 13.9. The Morgan fingerprint density at radius 1 is 1.10 bits per heavy atom. The lowest BCUT2D eigenvalue weighted by molar-refractivity contribution is -0.126. The number of methoxy groups -OCH3 is 1. The number of carbonyl (C=O) groups is 3. The predicted molar refractivity (Wildman–Crippen MR) is 155 cm³/mol. The molecule has 3 aromatic heterocycles. The van der Waals surface area contributed by atoms with Crippen LogP contribution in [-0.4, -0.2) is 39.1 Å². The van der Waals surface area contributed by atoms with Crippen LogP contribution >= 0.6 is 22.9 Å². The van der Waals surface area contributed by atoms with Gasteiger partial charge in [0, 0.05) is 34.1 Å². The van der Waals surface area contributed by atoms with E-state index in [2.05, 4.69) is 14.7 Å². The highest BCUT2D eigenvalue weighted by molar-refractivity contribution is 7.10. The highest BCUT2D eigenvalue weighted by atomic mass is 32.1. The van der Waals surface area contributed by atoms with E-state index in [1.807, 2.05) is 66.0 Å². The molecule has 0 radical (unpaired) electrons. The summed E-state index contributed by atoms with van der Waals surface area (Å²) in [6, 6.07) is 17.6. The number of anilines is 1. The van der Waals surface area contributed by atoms with Gasteiger partial charge in [-0.15, -0.1) is 11.3 Å². The highest BCUT2D eigenvalue weighted by Gasteiger charge is 2.36. The van der Waals surface area contributed by atoms with Gasteiger partial charge in [-0.2, -0.15) is 4.37 Å². The number of H-pyrrole nitrogens is 1. The summed E-state index contributed by atoms with van der Waals surface area (Å²) in [6.07, 6.45) is 1.74. The van der Waals surface area contributed by atoms with Gasteiger partial charge < -0.3 is 31.4 Å². The van der Waals surface area contributed by atoms with Gasteiger partial charge in [0.15, 0.2) is 5.69 Å². The molecule has 0 unspecified atom stereocenters. The van der Waals surface area contributed by atoms with Crippen LogP contribution in [0.2, 0.25) is 0 Å². The van der Waals surface area contributed by atoms with Gasteiger partial charge in [-0.25, -0.2) is 0 Å². The number of fused-ring (bicyclic) bond motifs is 1. The number of nitrogen functional groups attached to an aromatic ring is 1. The van der Waals surface area contributed by atoms with Crippen molar-refractivity contribution in [1.29, 1.82) is 0 Å². The first-order valence-electron chi connectivity index (χ1n) is 12.2. The van der Waals surface area contributed by atoms with E-state index in [1.165, 1.54) is 16.2 Å². The maximum absolute atomic E-state index is 14.1. The molecule has 40 heavy (non-hydrogen) atoms. The smallest absolute Gasteiger partial charge is 0.270 e. The Balaban J connectivity index is 1.57. The van der Waals surface area contributed by atoms with E-state index in [0.717, 1.165) is 32.9 Å². The topological polar surface area (TPSA) is 156 Å². The molecule has 5 aromatic rings. The number of nitrogens with one attached hydrogen (secondary N) is 2. The molecular weight excluding hydrogens is 548 g/mol. The van der Waals surface area contributed by atoms with Crippen LogP contribution in [0.1, 0.15) is 42.2 Å². The average Bonchev–Trinajstić information content (AvgIpc) is 3.72. The average molecular weight is 575 g/mol. The Kier molecular flexibility index (Phi) is 7.80. The van der Waals surface area contributed by atoms with Crippen molar-refractivity contribution in [2.24, 2.45) is 5.73 Å². The maximum atomic E-state index is 14.1. The molecule has 5 rings (SSSR count). The van der Waals surface area contributed by atoms with E-state index in [4.69, 9.17) is 16.2 Å². The van der Waals surface area contributed by atoms with Gasteiger partial charge in [0.1, 0.15) is 16.7 Å². The highest BCUT2D eigenvalue weighted by Crippen LogP contribution is 2.34. The maximum Gasteiger partial charge on any atom is 0.270 e. The number of ether oxygens (including phenoxy) is 1. The van der Waals surface area contributed by atoms with Crippen LogP contribution in [0.4, 0.5) is 5.69 Å². The van der Waals surface area contributed by atoms with Crippen LogP contribution in [-0.2, 0) is 17.9 Å². The third-order valence-corrected chi connectivity index (χ3v) is 8.14. The molecule has 3 heterocycles. The summed E-state index contributed by atoms with van der Waals surface area (Å²) in [7, 11) is 1.59. The van der Waals surface area contributed by atoms with Crippen molar-refractivity contribution in [1.82, 2.24) is 19.6 Å². The molecule has 6 N–H and O–H groups in total. The lowest BCUT2D eigenvalue weighted by atomic mass is 10.0. The van der Waals surface area contributed by atoms with Gasteiger partial charge >= 0.3 is 0 Å². The zero-order valence-corrected chi connectivity index (χ0v) is 23.1. The summed E-state index contributed by atoms with van der Waals surface area (Å²) in [6.45, 7) is 0.358.